The molecule has 2 aromatic carbocycles. The normalized spacial score (nSPS) is 19.1. The number of benzene rings is 2. The third kappa shape index (κ3) is 2.62. The number of amides is 2. The van der Waals surface area contributed by atoms with Crippen molar-refractivity contribution >= 4 is 23.2 Å². The molecule has 0 radical (unpaired) electrons. The van der Waals surface area contributed by atoms with E-state index in [0.29, 0.717) is 17.1 Å². The maximum Gasteiger partial charge on any atom is 0.278 e. The van der Waals surface area contributed by atoms with Crippen LogP contribution in [0, 0.1) is 20.8 Å². The van der Waals surface area contributed by atoms with Crippen molar-refractivity contribution in [1.29, 1.82) is 0 Å². The fourth-order valence-electron chi connectivity index (χ4n) is 2.73. The lowest BCUT2D eigenvalue weighted by molar-refractivity contribution is -0.143. The van der Waals surface area contributed by atoms with E-state index in [1.807, 2.05) is 51.1 Å². The van der Waals surface area contributed by atoms with Crippen LogP contribution in [0.5, 0.6) is 5.75 Å². The van der Waals surface area contributed by atoms with E-state index in [0.717, 1.165) is 16.7 Å². The van der Waals surface area contributed by atoms with Gasteiger partial charge in [-0.25, -0.2) is 0 Å². The van der Waals surface area contributed by atoms with Crippen molar-refractivity contribution in [1.82, 2.24) is 0 Å². The van der Waals surface area contributed by atoms with Crippen LogP contribution in [0.1, 0.15) is 23.6 Å². The number of carbonyl (C=O) groups excluding carboxylic acids is 2. The lowest BCUT2D eigenvalue weighted by atomic mass is 10.00. The third-order valence-electron chi connectivity index (χ3n) is 4.28. The van der Waals surface area contributed by atoms with Gasteiger partial charge in [-0.1, -0.05) is 24.3 Å². The zero-order chi connectivity index (χ0) is 17.5. The summed E-state index contributed by atoms with van der Waals surface area (Å²) in [6, 6.07) is 11.2. The van der Waals surface area contributed by atoms with Crippen LogP contribution in [-0.2, 0) is 9.59 Å². The van der Waals surface area contributed by atoms with Crippen LogP contribution >= 0.6 is 0 Å². The maximum absolute atomic E-state index is 12.8. The number of nitrogens with one attached hydrogen (secondary N) is 2. The fraction of sp³-hybridized carbons (Fsp3) is 0.263. The van der Waals surface area contributed by atoms with Gasteiger partial charge in [-0.2, -0.15) is 0 Å². The highest BCUT2D eigenvalue weighted by atomic mass is 16.5. The van der Waals surface area contributed by atoms with Crippen molar-refractivity contribution in [2.24, 2.45) is 0 Å². The highest BCUT2D eigenvalue weighted by molar-refractivity contribution is 6.19. The van der Waals surface area contributed by atoms with Gasteiger partial charge in [0.2, 0.25) is 0 Å². The molecule has 0 saturated carbocycles. The number of rotatable bonds is 2. The maximum atomic E-state index is 12.8. The van der Waals surface area contributed by atoms with Gasteiger partial charge in [0.25, 0.3) is 17.4 Å². The molecule has 0 bridgehead atoms. The van der Waals surface area contributed by atoms with E-state index in [1.54, 1.807) is 6.07 Å². The van der Waals surface area contributed by atoms with Crippen LogP contribution in [-0.4, -0.2) is 17.4 Å². The number of fused-ring (bicyclic) bond motifs is 1. The van der Waals surface area contributed by atoms with Crippen molar-refractivity contribution in [2.45, 2.75) is 33.3 Å². The number of anilines is 2. The molecule has 0 fully saturated rings. The van der Waals surface area contributed by atoms with Gasteiger partial charge in [-0.15, -0.1) is 0 Å². The van der Waals surface area contributed by atoms with Gasteiger partial charge in [0.1, 0.15) is 5.75 Å². The molecule has 0 spiro atoms. The van der Waals surface area contributed by atoms with E-state index >= 15 is 0 Å². The zero-order valence-electron chi connectivity index (χ0n) is 14.2. The average Bonchev–Trinajstić information content (AvgIpc) is 2.52. The standard InChI is InChI=1S/C19H20N2O3/c1-11-8-9-15-14(10-11)20-17(22)19(4,24-15)18(23)21-16-12(2)6-5-7-13(16)3/h5-10H,1-4H3,(H,20,22)(H,21,23). The summed E-state index contributed by atoms with van der Waals surface area (Å²) >= 11 is 0. The number of carbonyl (C=O) groups is 2. The summed E-state index contributed by atoms with van der Waals surface area (Å²) in [5.74, 6) is -0.493. The average molecular weight is 324 g/mol. The highest BCUT2D eigenvalue weighted by Crippen LogP contribution is 2.35. The molecule has 2 N–H and O–H groups in total. The molecular formula is C19H20N2O3. The number of hydrogen-bond acceptors (Lipinski definition) is 3. The monoisotopic (exact) mass is 324 g/mol. The first-order valence-electron chi connectivity index (χ1n) is 7.80. The molecule has 5 nitrogen and oxygen atoms in total. The van der Waals surface area contributed by atoms with Crippen LogP contribution in [0.15, 0.2) is 36.4 Å². The molecular weight excluding hydrogens is 304 g/mol. The largest absolute Gasteiger partial charge is 0.466 e. The second-order valence-electron chi connectivity index (χ2n) is 6.31. The molecule has 0 aliphatic carbocycles. The van der Waals surface area contributed by atoms with Crippen molar-refractivity contribution < 1.29 is 14.3 Å². The molecule has 1 unspecified atom stereocenters. The molecule has 3 rings (SSSR count). The Morgan fingerprint density at radius 2 is 1.79 bits per heavy atom. The molecule has 1 heterocycles. The van der Waals surface area contributed by atoms with Crippen molar-refractivity contribution in [3.63, 3.8) is 0 Å². The van der Waals surface area contributed by atoms with Gasteiger partial charge < -0.3 is 15.4 Å². The molecule has 1 aliphatic rings. The molecule has 124 valence electrons. The van der Waals surface area contributed by atoms with Gasteiger partial charge >= 0.3 is 0 Å². The lowest BCUT2D eigenvalue weighted by Gasteiger charge is -2.33. The Morgan fingerprint density at radius 1 is 1.12 bits per heavy atom. The van der Waals surface area contributed by atoms with Crippen LogP contribution in [0.2, 0.25) is 0 Å². The summed E-state index contributed by atoms with van der Waals surface area (Å²) in [6.07, 6.45) is 0. The Bertz CT molecular complexity index is 824. The summed E-state index contributed by atoms with van der Waals surface area (Å²) < 4.78 is 5.78. The summed E-state index contributed by atoms with van der Waals surface area (Å²) in [7, 11) is 0. The van der Waals surface area contributed by atoms with Crippen molar-refractivity contribution in [2.75, 3.05) is 10.6 Å². The van der Waals surface area contributed by atoms with Crippen LogP contribution in [0.3, 0.4) is 0 Å². The third-order valence-corrected chi connectivity index (χ3v) is 4.28. The molecule has 2 aromatic rings. The Morgan fingerprint density at radius 3 is 2.46 bits per heavy atom. The first-order chi connectivity index (χ1) is 11.3. The molecule has 0 aromatic heterocycles. The molecule has 24 heavy (non-hydrogen) atoms. The van der Waals surface area contributed by atoms with Crippen LogP contribution < -0.4 is 15.4 Å². The van der Waals surface area contributed by atoms with Gasteiger partial charge in [-0.05, 0) is 56.5 Å². The Hall–Kier alpha value is -2.82. The lowest BCUT2D eigenvalue weighted by Crippen LogP contribution is -2.56. The second-order valence-corrected chi connectivity index (χ2v) is 6.31. The molecule has 1 atom stereocenters. The van der Waals surface area contributed by atoms with Gasteiger partial charge in [0.05, 0.1) is 5.69 Å². The first kappa shape index (κ1) is 16.1. The predicted molar refractivity (Wildman–Crippen MR) is 93.4 cm³/mol. The number of hydrogen-bond donors (Lipinski definition) is 2. The summed E-state index contributed by atoms with van der Waals surface area (Å²) in [4.78, 5) is 25.3. The number of para-hydroxylation sites is 1. The van der Waals surface area contributed by atoms with E-state index < -0.39 is 17.4 Å². The van der Waals surface area contributed by atoms with Gasteiger partial charge in [-0.3, -0.25) is 9.59 Å². The van der Waals surface area contributed by atoms with E-state index in [2.05, 4.69) is 10.6 Å². The summed E-state index contributed by atoms with van der Waals surface area (Å²) in [6.45, 7) is 7.22. The van der Waals surface area contributed by atoms with Crippen molar-refractivity contribution in [3.05, 3.63) is 53.1 Å². The Labute approximate surface area is 141 Å². The summed E-state index contributed by atoms with van der Waals surface area (Å²) in [5, 5.41) is 5.60. The molecule has 5 heteroatoms. The van der Waals surface area contributed by atoms with Crippen molar-refractivity contribution in [3.8, 4) is 5.75 Å². The minimum Gasteiger partial charge on any atom is -0.466 e. The van der Waals surface area contributed by atoms with Crippen LogP contribution in [0.4, 0.5) is 11.4 Å². The zero-order valence-corrected chi connectivity index (χ0v) is 14.2. The fourth-order valence-corrected chi connectivity index (χ4v) is 2.73. The second kappa shape index (κ2) is 5.67. The van der Waals surface area contributed by atoms with E-state index in [-0.39, 0.29) is 0 Å². The topological polar surface area (TPSA) is 67.4 Å². The van der Waals surface area contributed by atoms with Gasteiger partial charge in [0.15, 0.2) is 0 Å². The minimum atomic E-state index is -1.63. The SMILES string of the molecule is Cc1ccc2c(c1)NC(=O)C(C)(C(=O)Nc1c(C)cccc1C)O2. The van der Waals surface area contributed by atoms with Crippen LogP contribution in [0.25, 0.3) is 0 Å². The number of aryl methyl sites for hydroxylation is 3. The van der Waals surface area contributed by atoms with E-state index in [1.165, 1.54) is 6.92 Å². The molecule has 1 aliphatic heterocycles. The quantitative estimate of drug-likeness (QED) is 0.833. The van der Waals surface area contributed by atoms with Gasteiger partial charge in [0, 0.05) is 5.69 Å². The van der Waals surface area contributed by atoms with E-state index in [9.17, 15) is 9.59 Å². The minimum absolute atomic E-state index is 0.482. The highest BCUT2D eigenvalue weighted by Gasteiger charge is 2.47. The number of ether oxygens (including phenoxy) is 1. The predicted octanol–water partition coefficient (Wildman–Crippen LogP) is 3.34. The molecule has 0 saturated heterocycles. The van der Waals surface area contributed by atoms with E-state index in [4.69, 9.17) is 4.74 Å². The first-order valence-corrected chi connectivity index (χ1v) is 7.80. The Kier molecular flexibility index (Phi) is 3.79. The Balaban J connectivity index is 1.92. The smallest absolute Gasteiger partial charge is 0.278 e. The summed E-state index contributed by atoms with van der Waals surface area (Å²) in [5.41, 5.74) is 2.52. The molecule has 2 amide bonds.